The SMILES string of the molecule is CN(CCOc1ccc(-c2ccccc2)cc1C(=O)C(C)(C)C)CC(=O)O. The Morgan fingerprint density at radius 1 is 1.04 bits per heavy atom. The standard InChI is InChI=1S/C22H27NO4/c1-22(2,3)21(26)18-14-17(16-8-6-5-7-9-16)10-11-19(18)27-13-12-23(4)15-20(24)25/h5-11,14H,12-13,15H2,1-4H3,(H,24,25). The quantitative estimate of drug-likeness (QED) is 0.713. The molecule has 144 valence electrons. The fraction of sp³-hybridized carbons (Fsp3) is 0.364. The number of rotatable bonds is 8. The van der Waals surface area contributed by atoms with Gasteiger partial charge in [-0.15, -0.1) is 0 Å². The minimum Gasteiger partial charge on any atom is -0.491 e. The molecule has 2 aromatic carbocycles. The van der Waals surface area contributed by atoms with Crippen molar-refractivity contribution in [3.8, 4) is 16.9 Å². The van der Waals surface area contributed by atoms with Crippen molar-refractivity contribution in [2.45, 2.75) is 20.8 Å². The zero-order chi connectivity index (χ0) is 20.0. The number of ether oxygens (including phenoxy) is 1. The second-order valence-corrected chi connectivity index (χ2v) is 7.64. The second-order valence-electron chi connectivity index (χ2n) is 7.64. The molecule has 27 heavy (non-hydrogen) atoms. The van der Waals surface area contributed by atoms with E-state index in [4.69, 9.17) is 9.84 Å². The molecule has 0 aromatic heterocycles. The molecule has 0 unspecified atom stereocenters. The number of benzene rings is 2. The molecule has 5 heteroatoms. The number of ketones is 1. The normalized spacial score (nSPS) is 11.4. The van der Waals surface area contributed by atoms with Crippen molar-refractivity contribution < 1.29 is 19.4 Å². The highest BCUT2D eigenvalue weighted by Gasteiger charge is 2.26. The summed E-state index contributed by atoms with van der Waals surface area (Å²) in [6, 6.07) is 15.5. The number of Topliss-reactive ketones (excluding diaryl/α,β-unsaturated/α-hetero) is 1. The zero-order valence-electron chi connectivity index (χ0n) is 16.4. The van der Waals surface area contributed by atoms with Crippen LogP contribution in [-0.4, -0.2) is 48.5 Å². The van der Waals surface area contributed by atoms with Gasteiger partial charge in [0.05, 0.1) is 12.1 Å². The van der Waals surface area contributed by atoms with Crippen LogP contribution in [0.5, 0.6) is 5.75 Å². The Kier molecular flexibility index (Phi) is 6.75. The van der Waals surface area contributed by atoms with Gasteiger partial charge < -0.3 is 9.84 Å². The van der Waals surface area contributed by atoms with Gasteiger partial charge in [0.2, 0.25) is 0 Å². The highest BCUT2D eigenvalue weighted by atomic mass is 16.5. The number of likely N-dealkylation sites (N-methyl/N-ethyl adjacent to an activating group) is 1. The van der Waals surface area contributed by atoms with Crippen LogP contribution in [0.25, 0.3) is 11.1 Å². The molecule has 0 saturated heterocycles. The van der Waals surface area contributed by atoms with Crippen LogP contribution >= 0.6 is 0 Å². The summed E-state index contributed by atoms with van der Waals surface area (Å²) in [5, 5.41) is 8.82. The van der Waals surface area contributed by atoms with E-state index in [0.717, 1.165) is 11.1 Å². The van der Waals surface area contributed by atoms with Crippen LogP contribution in [0.15, 0.2) is 48.5 Å². The summed E-state index contributed by atoms with van der Waals surface area (Å²) < 4.78 is 5.84. The third-order valence-electron chi connectivity index (χ3n) is 4.15. The van der Waals surface area contributed by atoms with Crippen LogP contribution in [0.2, 0.25) is 0 Å². The van der Waals surface area contributed by atoms with E-state index in [1.54, 1.807) is 11.9 Å². The number of carbonyl (C=O) groups is 2. The summed E-state index contributed by atoms with van der Waals surface area (Å²) in [6.45, 7) is 6.36. The first-order valence-corrected chi connectivity index (χ1v) is 8.96. The van der Waals surface area contributed by atoms with E-state index < -0.39 is 11.4 Å². The first-order valence-electron chi connectivity index (χ1n) is 8.96. The first-order chi connectivity index (χ1) is 12.7. The van der Waals surface area contributed by atoms with Crippen molar-refractivity contribution in [3.05, 3.63) is 54.1 Å². The minimum absolute atomic E-state index is 0.00849. The number of carbonyl (C=O) groups excluding carboxylic acids is 1. The maximum absolute atomic E-state index is 12.9. The van der Waals surface area contributed by atoms with Crippen LogP contribution in [0.4, 0.5) is 0 Å². The van der Waals surface area contributed by atoms with E-state index in [9.17, 15) is 9.59 Å². The number of carboxylic acids is 1. The Balaban J connectivity index is 2.25. The van der Waals surface area contributed by atoms with Crippen molar-refractivity contribution in [3.63, 3.8) is 0 Å². The van der Waals surface area contributed by atoms with Crippen LogP contribution < -0.4 is 4.74 Å². The third kappa shape index (κ3) is 5.93. The fourth-order valence-electron chi connectivity index (χ4n) is 2.67. The third-order valence-corrected chi connectivity index (χ3v) is 4.15. The molecule has 0 atom stereocenters. The van der Waals surface area contributed by atoms with Gasteiger partial charge in [0.1, 0.15) is 12.4 Å². The molecule has 1 N–H and O–H groups in total. The van der Waals surface area contributed by atoms with Gasteiger partial charge in [0.25, 0.3) is 0 Å². The molecule has 2 rings (SSSR count). The molecule has 5 nitrogen and oxygen atoms in total. The first kappa shape index (κ1) is 20.6. The highest BCUT2D eigenvalue weighted by Crippen LogP contribution is 2.31. The topological polar surface area (TPSA) is 66.8 Å². The van der Waals surface area contributed by atoms with Crippen LogP contribution in [-0.2, 0) is 4.79 Å². The van der Waals surface area contributed by atoms with E-state index >= 15 is 0 Å². The summed E-state index contributed by atoms with van der Waals surface area (Å²) in [5.41, 5.74) is 2.00. The summed E-state index contributed by atoms with van der Waals surface area (Å²) in [7, 11) is 1.72. The van der Waals surface area contributed by atoms with Gasteiger partial charge in [-0.2, -0.15) is 0 Å². The summed E-state index contributed by atoms with van der Waals surface area (Å²) in [5.74, 6) is -0.346. The zero-order valence-corrected chi connectivity index (χ0v) is 16.4. The predicted octanol–water partition coefficient (Wildman–Crippen LogP) is 3.98. The largest absolute Gasteiger partial charge is 0.491 e. The average molecular weight is 369 g/mol. The van der Waals surface area contributed by atoms with E-state index in [1.165, 1.54) is 0 Å². The lowest BCUT2D eigenvalue weighted by molar-refractivity contribution is -0.138. The van der Waals surface area contributed by atoms with E-state index in [2.05, 4.69) is 0 Å². The summed E-state index contributed by atoms with van der Waals surface area (Å²) in [4.78, 5) is 25.3. The molecule has 0 heterocycles. The molecule has 0 aliphatic rings. The second kappa shape index (κ2) is 8.82. The van der Waals surface area contributed by atoms with Crippen molar-refractivity contribution in [1.29, 1.82) is 0 Å². The molecule has 0 aliphatic heterocycles. The lowest BCUT2D eigenvalue weighted by Gasteiger charge is -2.21. The number of hydrogen-bond acceptors (Lipinski definition) is 4. The molecule has 0 spiro atoms. The number of nitrogens with zero attached hydrogens (tertiary/aromatic N) is 1. The van der Waals surface area contributed by atoms with Crippen LogP contribution in [0, 0.1) is 5.41 Å². The summed E-state index contributed by atoms with van der Waals surface area (Å²) in [6.07, 6.45) is 0. The molecule has 0 radical (unpaired) electrons. The predicted molar refractivity (Wildman–Crippen MR) is 106 cm³/mol. The lowest BCUT2D eigenvalue weighted by atomic mass is 9.85. The minimum atomic E-state index is -0.881. The fourth-order valence-corrected chi connectivity index (χ4v) is 2.67. The molecular formula is C22H27NO4. The van der Waals surface area contributed by atoms with Gasteiger partial charge in [0, 0.05) is 12.0 Å². The number of aliphatic carboxylic acids is 1. The number of carboxylic acid groups (broad SMARTS) is 1. The molecule has 0 fully saturated rings. The molecule has 0 amide bonds. The Morgan fingerprint density at radius 3 is 2.30 bits per heavy atom. The van der Waals surface area contributed by atoms with E-state index in [-0.39, 0.29) is 12.3 Å². The maximum atomic E-state index is 12.9. The van der Waals surface area contributed by atoms with Gasteiger partial charge in [-0.05, 0) is 30.3 Å². The molecular weight excluding hydrogens is 342 g/mol. The highest BCUT2D eigenvalue weighted by molar-refractivity contribution is 6.03. The van der Waals surface area contributed by atoms with Crippen LogP contribution in [0.1, 0.15) is 31.1 Å². The van der Waals surface area contributed by atoms with Gasteiger partial charge in [-0.25, -0.2) is 0 Å². The van der Waals surface area contributed by atoms with Crippen molar-refractivity contribution in [2.24, 2.45) is 5.41 Å². The van der Waals surface area contributed by atoms with E-state index in [0.29, 0.717) is 24.5 Å². The monoisotopic (exact) mass is 369 g/mol. The average Bonchev–Trinajstić information content (AvgIpc) is 2.60. The van der Waals surface area contributed by atoms with Crippen molar-refractivity contribution >= 4 is 11.8 Å². The van der Waals surface area contributed by atoms with Gasteiger partial charge in [-0.3, -0.25) is 14.5 Å². The Labute approximate surface area is 160 Å². The van der Waals surface area contributed by atoms with Gasteiger partial charge in [0.15, 0.2) is 5.78 Å². The summed E-state index contributed by atoms with van der Waals surface area (Å²) >= 11 is 0. The molecule has 2 aromatic rings. The lowest BCUT2D eigenvalue weighted by Crippen LogP contribution is -2.30. The smallest absolute Gasteiger partial charge is 0.317 e. The van der Waals surface area contributed by atoms with Crippen molar-refractivity contribution in [1.82, 2.24) is 4.90 Å². The Morgan fingerprint density at radius 2 is 1.70 bits per heavy atom. The number of hydrogen-bond donors (Lipinski definition) is 1. The van der Waals surface area contributed by atoms with Crippen molar-refractivity contribution in [2.75, 3.05) is 26.7 Å². The molecule has 0 aliphatic carbocycles. The van der Waals surface area contributed by atoms with Gasteiger partial charge in [-0.1, -0.05) is 57.2 Å². The maximum Gasteiger partial charge on any atom is 0.317 e. The Bertz CT molecular complexity index is 794. The Hall–Kier alpha value is -2.66. The molecule has 0 bridgehead atoms. The van der Waals surface area contributed by atoms with E-state index in [1.807, 2.05) is 69.3 Å². The van der Waals surface area contributed by atoms with Crippen LogP contribution in [0.3, 0.4) is 0 Å². The van der Waals surface area contributed by atoms with Gasteiger partial charge >= 0.3 is 5.97 Å². The molecule has 0 saturated carbocycles.